The first-order chi connectivity index (χ1) is 9.16. The van der Waals surface area contributed by atoms with Crippen molar-refractivity contribution in [2.45, 2.75) is 64.0 Å². The summed E-state index contributed by atoms with van der Waals surface area (Å²) in [6.07, 6.45) is 7.84. The summed E-state index contributed by atoms with van der Waals surface area (Å²) in [5.74, 6) is 0.405. The number of carbonyl (C=O) groups is 2. The molecular formula is C14H23NO4. The lowest BCUT2D eigenvalue weighted by molar-refractivity contribution is -0.130. The maximum Gasteiger partial charge on any atom is 0.508 e. The molecule has 2 heterocycles. The topological polar surface area (TPSA) is 55.8 Å². The van der Waals surface area contributed by atoms with Gasteiger partial charge in [-0.2, -0.15) is 0 Å². The molecule has 0 radical (unpaired) electrons. The highest BCUT2D eigenvalue weighted by Gasteiger charge is 2.28. The SMILES string of the molecule is CC1COC(=O)O1.O=C1CCCN1C1CCCCC1. The zero-order valence-corrected chi connectivity index (χ0v) is 11.6. The molecule has 0 aromatic rings. The van der Waals surface area contributed by atoms with Crippen LogP contribution in [0.4, 0.5) is 4.79 Å². The lowest BCUT2D eigenvalue weighted by Crippen LogP contribution is -2.37. The second kappa shape index (κ2) is 6.78. The van der Waals surface area contributed by atoms with Crippen molar-refractivity contribution in [2.24, 2.45) is 0 Å². The summed E-state index contributed by atoms with van der Waals surface area (Å²) in [5, 5.41) is 0. The Labute approximate surface area is 114 Å². The number of carbonyl (C=O) groups excluding carboxylic acids is 2. The van der Waals surface area contributed by atoms with E-state index in [0.717, 1.165) is 19.4 Å². The minimum Gasteiger partial charge on any atom is -0.430 e. The van der Waals surface area contributed by atoms with Crippen molar-refractivity contribution in [3.8, 4) is 0 Å². The van der Waals surface area contributed by atoms with E-state index in [9.17, 15) is 9.59 Å². The molecule has 1 atom stereocenters. The van der Waals surface area contributed by atoms with E-state index < -0.39 is 6.16 Å². The first kappa shape index (κ1) is 14.2. The Kier molecular flexibility index (Phi) is 5.05. The molecule has 1 amide bonds. The second-order valence-corrected chi connectivity index (χ2v) is 5.47. The normalized spacial score (nSPS) is 27.6. The third-order valence-electron chi connectivity index (χ3n) is 3.86. The monoisotopic (exact) mass is 269 g/mol. The van der Waals surface area contributed by atoms with Crippen LogP contribution in [0.15, 0.2) is 0 Å². The number of ether oxygens (including phenoxy) is 2. The molecular weight excluding hydrogens is 246 g/mol. The number of amides is 1. The summed E-state index contributed by atoms with van der Waals surface area (Å²) in [5.41, 5.74) is 0. The quantitative estimate of drug-likeness (QED) is 0.686. The van der Waals surface area contributed by atoms with Gasteiger partial charge in [0.1, 0.15) is 12.7 Å². The number of likely N-dealkylation sites (tertiary alicyclic amines) is 1. The molecule has 19 heavy (non-hydrogen) atoms. The Morgan fingerprint density at radius 2 is 1.84 bits per heavy atom. The molecule has 0 bridgehead atoms. The van der Waals surface area contributed by atoms with Gasteiger partial charge < -0.3 is 14.4 Å². The summed E-state index contributed by atoms with van der Waals surface area (Å²) in [7, 11) is 0. The number of cyclic esters (lactones) is 2. The molecule has 0 aromatic carbocycles. The smallest absolute Gasteiger partial charge is 0.430 e. The molecule has 0 N–H and O–H groups in total. The zero-order valence-electron chi connectivity index (χ0n) is 11.6. The molecule has 3 fully saturated rings. The van der Waals surface area contributed by atoms with Crippen molar-refractivity contribution in [2.75, 3.05) is 13.2 Å². The minimum atomic E-state index is -0.549. The van der Waals surface area contributed by atoms with Crippen LogP contribution < -0.4 is 0 Å². The van der Waals surface area contributed by atoms with Gasteiger partial charge in [-0.05, 0) is 26.2 Å². The molecule has 2 aliphatic heterocycles. The van der Waals surface area contributed by atoms with E-state index in [2.05, 4.69) is 14.4 Å². The van der Waals surface area contributed by atoms with Gasteiger partial charge in [-0.15, -0.1) is 0 Å². The molecule has 0 spiro atoms. The summed E-state index contributed by atoms with van der Waals surface area (Å²) >= 11 is 0. The molecule has 3 aliphatic rings. The molecule has 0 aromatic heterocycles. The molecule has 5 heteroatoms. The predicted octanol–water partition coefficient (Wildman–Crippen LogP) is 2.48. The minimum absolute atomic E-state index is 0.0486. The van der Waals surface area contributed by atoms with E-state index in [4.69, 9.17) is 0 Å². The Morgan fingerprint density at radius 1 is 1.11 bits per heavy atom. The molecule has 3 rings (SSSR count). The highest BCUT2D eigenvalue weighted by molar-refractivity contribution is 5.78. The van der Waals surface area contributed by atoms with E-state index in [1.807, 2.05) is 0 Å². The third-order valence-corrected chi connectivity index (χ3v) is 3.86. The van der Waals surface area contributed by atoms with Crippen LogP contribution in [-0.2, 0) is 14.3 Å². The fourth-order valence-corrected chi connectivity index (χ4v) is 2.87. The fourth-order valence-electron chi connectivity index (χ4n) is 2.87. The van der Waals surface area contributed by atoms with Crippen LogP contribution in [0.3, 0.4) is 0 Å². The van der Waals surface area contributed by atoms with E-state index in [1.54, 1.807) is 6.92 Å². The van der Waals surface area contributed by atoms with E-state index in [-0.39, 0.29) is 6.10 Å². The Morgan fingerprint density at radius 3 is 2.26 bits per heavy atom. The highest BCUT2D eigenvalue weighted by atomic mass is 16.8. The Hall–Kier alpha value is -1.26. The van der Waals surface area contributed by atoms with Gasteiger partial charge in [-0.1, -0.05) is 19.3 Å². The van der Waals surface area contributed by atoms with Gasteiger partial charge in [0, 0.05) is 19.0 Å². The molecule has 1 saturated carbocycles. The van der Waals surface area contributed by atoms with Crippen molar-refractivity contribution in [3.63, 3.8) is 0 Å². The lowest BCUT2D eigenvalue weighted by Gasteiger charge is -2.30. The lowest BCUT2D eigenvalue weighted by atomic mass is 9.94. The number of rotatable bonds is 1. The second-order valence-electron chi connectivity index (χ2n) is 5.47. The van der Waals surface area contributed by atoms with Crippen molar-refractivity contribution >= 4 is 12.1 Å². The van der Waals surface area contributed by atoms with Gasteiger partial charge in [0.05, 0.1) is 0 Å². The van der Waals surface area contributed by atoms with Gasteiger partial charge in [0.2, 0.25) is 5.91 Å². The van der Waals surface area contributed by atoms with Gasteiger partial charge in [-0.3, -0.25) is 4.79 Å². The summed E-state index contributed by atoms with van der Waals surface area (Å²) in [6, 6.07) is 0.605. The largest absolute Gasteiger partial charge is 0.508 e. The van der Waals surface area contributed by atoms with Crippen molar-refractivity contribution < 1.29 is 19.1 Å². The maximum absolute atomic E-state index is 11.4. The summed E-state index contributed by atoms with van der Waals surface area (Å²) in [4.78, 5) is 23.5. The molecule has 2 saturated heterocycles. The predicted molar refractivity (Wildman–Crippen MR) is 69.7 cm³/mol. The first-order valence-electron chi connectivity index (χ1n) is 7.29. The van der Waals surface area contributed by atoms with Gasteiger partial charge in [0.25, 0.3) is 0 Å². The molecule has 1 aliphatic carbocycles. The highest BCUT2D eigenvalue weighted by Crippen LogP contribution is 2.25. The van der Waals surface area contributed by atoms with Gasteiger partial charge >= 0.3 is 6.16 Å². The standard InChI is InChI=1S/C10H17NO.C4H6O3/c12-10-7-4-8-11(10)9-5-2-1-3-6-9;1-3-2-6-4(5)7-3/h9H,1-8H2;3H,2H2,1H3. The van der Waals surface area contributed by atoms with Crippen LogP contribution in [0.25, 0.3) is 0 Å². The van der Waals surface area contributed by atoms with Crippen molar-refractivity contribution in [3.05, 3.63) is 0 Å². The van der Waals surface area contributed by atoms with Crippen LogP contribution in [0, 0.1) is 0 Å². The summed E-state index contributed by atoms with van der Waals surface area (Å²) in [6.45, 7) is 3.22. The summed E-state index contributed by atoms with van der Waals surface area (Å²) < 4.78 is 8.90. The van der Waals surface area contributed by atoms with E-state index in [0.29, 0.717) is 18.6 Å². The van der Waals surface area contributed by atoms with Crippen molar-refractivity contribution in [1.82, 2.24) is 4.90 Å². The van der Waals surface area contributed by atoms with Gasteiger partial charge in [-0.25, -0.2) is 4.79 Å². The third kappa shape index (κ3) is 4.11. The van der Waals surface area contributed by atoms with Crippen molar-refractivity contribution in [1.29, 1.82) is 0 Å². The van der Waals surface area contributed by atoms with Crippen LogP contribution >= 0.6 is 0 Å². The Balaban J connectivity index is 0.000000163. The van der Waals surface area contributed by atoms with E-state index in [1.165, 1.54) is 32.1 Å². The molecule has 108 valence electrons. The van der Waals surface area contributed by atoms with E-state index >= 15 is 0 Å². The average Bonchev–Trinajstić information content (AvgIpc) is 3.00. The van der Waals surface area contributed by atoms with Gasteiger partial charge in [0.15, 0.2) is 0 Å². The van der Waals surface area contributed by atoms with Crippen LogP contribution in [-0.4, -0.2) is 42.3 Å². The number of nitrogens with zero attached hydrogens (tertiary/aromatic N) is 1. The molecule has 5 nitrogen and oxygen atoms in total. The number of hydrogen-bond acceptors (Lipinski definition) is 4. The fraction of sp³-hybridized carbons (Fsp3) is 0.857. The number of hydrogen-bond donors (Lipinski definition) is 0. The van der Waals surface area contributed by atoms with Crippen LogP contribution in [0.2, 0.25) is 0 Å². The first-order valence-corrected chi connectivity index (χ1v) is 7.29. The average molecular weight is 269 g/mol. The molecule has 1 unspecified atom stereocenters. The zero-order chi connectivity index (χ0) is 13.7. The van der Waals surface area contributed by atoms with Crippen LogP contribution in [0.1, 0.15) is 51.9 Å². The van der Waals surface area contributed by atoms with Crippen LogP contribution in [0.5, 0.6) is 0 Å². The maximum atomic E-state index is 11.4. The Bertz CT molecular complexity index is 325.